The third kappa shape index (κ3) is 2.95. The molecule has 6 nitrogen and oxygen atoms in total. The predicted octanol–water partition coefficient (Wildman–Crippen LogP) is 2.83. The number of benzene rings is 1. The van der Waals surface area contributed by atoms with Crippen LogP contribution in [0.4, 0.5) is 4.39 Å². The third-order valence-corrected chi connectivity index (χ3v) is 3.81. The number of halogens is 1. The Kier molecular flexibility index (Phi) is 3.87. The van der Waals surface area contributed by atoms with Crippen LogP contribution in [0.25, 0.3) is 11.2 Å². The molecule has 0 fully saturated rings. The summed E-state index contributed by atoms with van der Waals surface area (Å²) in [5, 5.41) is 0. The van der Waals surface area contributed by atoms with Gasteiger partial charge in [-0.3, -0.25) is 9.36 Å². The molecule has 0 saturated heterocycles. The molecule has 2 aromatic heterocycles. The number of nitrogens with one attached hydrogen (secondary N) is 2. The van der Waals surface area contributed by atoms with Crippen LogP contribution in [-0.2, 0) is 17.1 Å². The van der Waals surface area contributed by atoms with Crippen molar-refractivity contribution in [2.45, 2.75) is 26.2 Å². The number of rotatable bonds is 4. The van der Waals surface area contributed by atoms with Crippen molar-refractivity contribution in [3.63, 3.8) is 0 Å². The van der Waals surface area contributed by atoms with E-state index in [0.29, 0.717) is 11.2 Å². The molecule has 0 aliphatic carbocycles. The van der Waals surface area contributed by atoms with Crippen molar-refractivity contribution in [2.75, 3.05) is 0 Å². The summed E-state index contributed by atoms with van der Waals surface area (Å²) in [7, 11) is 0. The average molecular weight is 334 g/mol. The van der Waals surface area contributed by atoms with Gasteiger partial charge in [0, 0.05) is 0 Å². The maximum atomic E-state index is 12.9. The maximum Gasteiger partial charge on any atom is 0.282 e. The van der Waals surface area contributed by atoms with Gasteiger partial charge in [-0.25, -0.2) is 9.37 Å². The molecule has 0 saturated carbocycles. The second-order valence-electron chi connectivity index (χ2n) is 5.56. The first-order chi connectivity index (χ1) is 10.9. The molecule has 3 rings (SSSR count). The number of imidazole rings is 1. The van der Waals surface area contributed by atoms with Gasteiger partial charge in [-0.05, 0) is 43.8 Å². The summed E-state index contributed by atoms with van der Waals surface area (Å²) < 4.78 is 20.4. The molecule has 2 N–H and O–H groups in total. The highest BCUT2D eigenvalue weighted by Crippen LogP contribution is 2.19. The van der Waals surface area contributed by atoms with Gasteiger partial charge < -0.3 is 14.7 Å². The summed E-state index contributed by atoms with van der Waals surface area (Å²) in [6.45, 7) is 3.70. The summed E-state index contributed by atoms with van der Waals surface area (Å²) in [6, 6.07) is 5.99. The molecule has 3 aromatic rings. The average Bonchev–Trinajstić information content (AvgIpc) is 2.95. The van der Waals surface area contributed by atoms with Crippen LogP contribution in [0.5, 0.6) is 0 Å². The normalized spacial score (nSPS) is 12.0. The number of hydrogen-bond donors (Lipinski definition) is 2. The van der Waals surface area contributed by atoms with Crippen LogP contribution in [-0.4, -0.2) is 19.5 Å². The summed E-state index contributed by atoms with van der Waals surface area (Å²) in [5.41, 5.74) is 0.233. The largest absolute Gasteiger partial charge is 0.351 e. The first-order valence-corrected chi connectivity index (χ1v) is 7.36. The quantitative estimate of drug-likeness (QED) is 0.720. The molecular weight excluding hydrogens is 319 g/mol. The van der Waals surface area contributed by atoms with Crippen molar-refractivity contribution in [1.29, 1.82) is 0 Å². The Morgan fingerprint density at radius 2 is 2.04 bits per heavy atom. The molecular formula is C15H15FN4O2S. The highest BCUT2D eigenvalue weighted by Gasteiger charge is 2.25. The van der Waals surface area contributed by atoms with Gasteiger partial charge in [0.05, 0.1) is 12.9 Å². The Labute approximate surface area is 136 Å². The van der Waals surface area contributed by atoms with Gasteiger partial charge in [0.2, 0.25) is 0 Å². The van der Waals surface area contributed by atoms with E-state index in [2.05, 4.69) is 15.0 Å². The van der Waals surface area contributed by atoms with Crippen molar-refractivity contribution in [1.82, 2.24) is 19.5 Å². The SMILES string of the molecule is CC(C)(OCc1ccc(F)cc1)n1c(=S)[nH]c2nc[nH]c2c1=O. The number of aromatic amines is 2. The Morgan fingerprint density at radius 3 is 2.74 bits per heavy atom. The second kappa shape index (κ2) is 5.71. The number of nitrogens with zero attached hydrogens (tertiary/aromatic N) is 2. The Bertz CT molecular complexity index is 956. The number of fused-ring (bicyclic) bond motifs is 1. The summed E-state index contributed by atoms with van der Waals surface area (Å²) >= 11 is 5.25. The van der Waals surface area contributed by atoms with Crippen LogP contribution >= 0.6 is 12.2 Å². The number of aromatic nitrogens is 4. The smallest absolute Gasteiger partial charge is 0.282 e. The molecule has 0 aliphatic heterocycles. The molecule has 8 heteroatoms. The fraction of sp³-hybridized carbons (Fsp3) is 0.267. The van der Waals surface area contributed by atoms with Gasteiger partial charge in [0.15, 0.2) is 10.4 Å². The minimum absolute atomic E-state index is 0.218. The zero-order valence-corrected chi connectivity index (χ0v) is 13.4. The second-order valence-corrected chi connectivity index (χ2v) is 5.95. The van der Waals surface area contributed by atoms with Gasteiger partial charge in [-0.1, -0.05) is 12.1 Å². The van der Waals surface area contributed by atoms with Crippen molar-refractivity contribution in [3.05, 3.63) is 57.1 Å². The van der Waals surface area contributed by atoms with Crippen LogP contribution in [0, 0.1) is 10.6 Å². The molecule has 0 amide bonds. The van der Waals surface area contributed by atoms with Crippen molar-refractivity contribution >= 4 is 23.4 Å². The zero-order valence-electron chi connectivity index (χ0n) is 12.6. The highest BCUT2D eigenvalue weighted by molar-refractivity contribution is 7.71. The van der Waals surface area contributed by atoms with Crippen LogP contribution in [0.1, 0.15) is 19.4 Å². The van der Waals surface area contributed by atoms with Crippen LogP contribution in [0.2, 0.25) is 0 Å². The number of H-pyrrole nitrogens is 2. The maximum absolute atomic E-state index is 12.9. The van der Waals surface area contributed by atoms with E-state index in [1.165, 1.54) is 23.0 Å². The van der Waals surface area contributed by atoms with E-state index in [1.807, 2.05) is 0 Å². The van der Waals surface area contributed by atoms with Crippen LogP contribution < -0.4 is 5.56 Å². The van der Waals surface area contributed by atoms with E-state index in [9.17, 15) is 9.18 Å². The molecule has 0 unspecified atom stereocenters. The molecule has 0 radical (unpaired) electrons. The van der Waals surface area contributed by atoms with E-state index in [-0.39, 0.29) is 22.8 Å². The lowest BCUT2D eigenvalue weighted by Crippen LogP contribution is -2.39. The van der Waals surface area contributed by atoms with Crippen LogP contribution in [0.3, 0.4) is 0 Å². The standard InChI is InChI=1S/C15H15FN4O2S/c1-15(2,22-7-9-3-5-10(16)6-4-9)20-13(21)11-12(18-8-17-11)19-14(20)23/h3-6,8H,7H2,1-2H3,(H,17,18)(H,19,23). The Balaban J connectivity index is 1.94. The number of ether oxygens (including phenoxy) is 1. The van der Waals surface area contributed by atoms with Crippen molar-refractivity contribution < 1.29 is 9.13 Å². The minimum Gasteiger partial charge on any atom is -0.351 e. The Hall–Kier alpha value is -2.32. The summed E-state index contributed by atoms with van der Waals surface area (Å²) in [6.07, 6.45) is 1.42. The van der Waals surface area contributed by atoms with Gasteiger partial charge in [0.25, 0.3) is 5.56 Å². The van der Waals surface area contributed by atoms with Crippen molar-refractivity contribution in [2.24, 2.45) is 0 Å². The first kappa shape index (κ1) is 15.6. The topological polar surface area (TPSA) is 75.7 Å². The van der Waals surface area contributed by atoms with Gasteiger partial charge in [-0.15, -0.1) is 0 Å². The molecule has 0 bridgehead atoms. The molecule has 1 aromatic carbocycles. The lowest BCUT2D eigenvalue weighted by atomic mass is 10.2. The first-order valence-electron chi connectivity index (χ1n) is 6.96. The zero-order chi connectivity index (χ0) is 16.6. The van der Waals surface area contributed by atoms with Crippen molar-refractivity contribution in [3.8, 4) is 0 Å². The Morgan fingerprint density at radius 1 is 1.35 bits per heavy atom. The van der Waals surface area contributed by atoms with E-state index in [4.69, 9.17) is 17.0 Å². The van der Waals surface area contributed by atoms with Gasteiger partial charge in [0.1, 0.15) is 17.1 Å². The van der Waals surface area contributed by atoms with E-state index in [0.717, 1.165) is 5.56 Å². The van der Waals surface area contributed by atoms with E-state index < -0.39 is 5.72 Å². The lowest BCUT2D eigenvalue weighted by Gasteiger charge is -2.27. The van der Waals surface area contributed by atoms with E-state index >= 15 is 0 Å². The predicted molar refractivity (Wildman–Crippen MR) is 86.0 cm³/mol. The fourth-order valence-corrected chi connectivity index (χ4v) is 2.71. The minimum atomic E-state index is -0.988. The van der Waals surface area contributed by atoms with Gasteiger partial charge >= 0.3 is 0 Å². The van der Waals surface area contributed by atoms with E-state index in [1.54, 1.807) is 26.0 Å². The fourth-order valence-electron chi connectivity index (χ4n) is 2.31. The monoisotopic (exact) mass is 334 g/mol. The highest BCUT2D eigenvalue weighted by atomic mass is 32.1. The molecule has 2 heterocycles. The molecule has 0 aliphatic rings. The molecule has 0 spiro atoms. The van der Waals surface area contributed by atoms with Crippen LogP contribution in [0.15, 0.2) is 35.4 Å². The van der Waals surface area contributed by atoms with Gasteiger partial charge in [-0.2, -0.15) is 0 Å². The third-order valence-electron chi connectivity index (χ3n) is 3.53. The summed E-state index contributed by atoms with van der Waals surface area (Å²) in [5.74, 6) is -0.309. The lowest BCUT2D eigenvalue weighted by molar-refractivity contribution is -0.0924. The summed E-state index contributed by atoms with van der Waals surface area (Å²) in [4.78, 5) is 22.3. The molecule has 23 heavy (non-hydrogen) atoms. The molecule has 120 valence electrons. The molecule has 0 atom stereocenters. The number of hydrogen-bond acceptors (Lipinski definition) is 4.